The van der Waals surface area contributed by atoms with E-state index in [1.54, 1.807) is 6.92 Å². The summed E-state index contributed by atoms with van der Waals surface area (Å²) in [6.45, 7) is 13.8. The molecule has 5 rings (SSSR count). The molecule has 0 fully saturated rings. The lowest BCUT2D eigenvalue weighted by atomic mass is 9.75. The molecule has 0 saturated heterocycles. The second-order valence-corrected chi connectivity index (χ2v) is 9.59. The summed E-state index contributed by atoms with van der Waals surface area (Å²) in [4.78, 5) is 31.3. The van der Waals surface area contributed by atoms with E-state index in [1.807, 2.05) is 36.4 Å². The van der Waals surface area contributed by atoms with Crippen LogP contribution in [0.1, 0.15) is 68.1 Å². The maximum Gasteiger partial charge on any atom is 0.274 e. The molecule has 1 spiro atoms. The smallest absolute Gasteiger partial charge is 0.274 e. The molecular formula is C31H36N4O3. The summed E-state index contributed by atoms with van der Waals surface area (Å²) >= 11 is 0. The Morgan fingerprint density at radius 1 is 0.789 bits per heavy atom. The number of ether oxygens (including phenoxy) is 1. The van der Waals surface area contributed by atoms with Gasteiger partial charge in [-0.05, 0) is 45.9 Å². The normalized spacial score (nSPS) is 14.4. The van der Waals surface area contributed by atoms with Gasteiger partial charge in [0.2, 0.25) is 5.91 Å². The van der Waals surface area contributed by atoms with E-state index in [1.165, 1.54) is 5.01 Å². The number of hydrazine groups is 1. The first-order chi connectivity index (χ1) is 18.4. The zero-order valence-electron chi connectivity index (χ0n) is 22.9. The van der Waals surface area contributed by atoms with Gasteiger partial charge in [-0.3, -0.25) is 15.0 Å². The average molecular weight is 513 g/mol. The lowest BCUT2D eigenvalue weighted by molar-refractivity contribution is -0.126. The number of rotatable bonds is 8. The van der Waals surface area contributed by atoms with Gasteiger partial charge in [-0.25, -0.2) is 5.01 Å². The number of hydrogen-bond acceptors (Lipinski definition) is 5. The molecule has 0 radical (unpaired) electrons. The van der Waals surface area contributed by atoms with Crippen molar-refractivity contribution in [3.05, 3.63) is 82.9 Å². The van der Waals surface area contributed by atoms with E-state index >= 15 is 0 Å². The number of fused-ring (bicyclic) bond motifs is 6. The Bertz CT molecular complexity index is 1320. The van der Waals surface area contributed by atoms with E-state index in [2.05, 4.69) is 67.2 Å². The van der Waals surface area contributed by atoms with E-state index in [0.717, 1.165) is 54.2 Å². The molecular weight excluding hydrogens is 476 g/mol. The molecule has 38 heavy (non-hydrogen) atoms. The average Bonchev–Trinajstić information content (AvgIpc) is 3.18. The van der Waals surface area contributed by atoms with Crippen molar-refractivity contribution >= 4 is 23.2 Å². The Morgan fingerprint density at radius 3 is 1.82 bits per heavy atom. The fourth-order valence-corrected chi connectivity index (χ4v) is 5.87. The number of benzene rings is 3. The van der Waals surface area contributed by atoms with Gasteiger partial charge in [0, 0.05) is 78.4 Å². The summed E-state index contributed by atoms with van der Waals surface area (Å²) in [5.41, 5.74) is 7.05. The van der Waals surface area contributed by atoms with Gasteiger partial charge < -0.3 is 14.5 Å². The van der Waals surface area contributed by atoms with Crippen molar-refractivity contribution in [1.82, 2.24) is 10.4 Å². The molecule has 1 N–H and O–H groups in total. The van der Waals surface area contributed by atoms with Crippen molar-refractivity contribution in [2.75, 3.05) is 36.0 Å². The maximum atomic E-state index is 13.9. The van der Waals surface area contributed by atoms with Crippen LogP contribution in [0.15, 0.2) is 60.7 Å². The van der Waals surface area contributed by atoms with Gasteiger partial charge in [-0.15, -0.1) is 0 Å². The second-order valence-electron chi connectivity index (χ2n) is 9.59. The van der Waals surface area contributed by atoms with Crippen LogP contribution in [0.5, 0.6) is 11.5 Å². The standard InChI is InChI=1S/C31H36N4O3/c1-6-29(36)32-35-30(37)23-13-11-12-14-24(23)31(35)25-17-15-21(33(7-2)8-3)19-27(25)38-28-20-22(16-18-26(28)31)34(9-4)10-5/h11-20H,6-10H2,1-5H3,(H,32,36). The highest BCUT2D eigenvalue weighted by Gasteiger charge is 2.57. The van der Waals surface area contributed by atoms with E-state index in [9.17, 15) is 9.59 Å². The predicted molar refractivity (Wildman–Crippen MR) is 151 cm³/mol. The molecule has 0 unspecified atom stereocenters. The third-order valence-corrected chi connectivity index (χ3v) is 7.83. The third kappa shape index (κ3) is 3.71. The molecule has 2 aliphatic rings. The second kappa shape index (κ2) is 10.0. The SMILES string of the molecule is CCC(=O)NN1C(=O)c2ccccc2C12c1ccc(N(CC)CC)cc1Oc1cc(N(CC)CC)ccc12. The van der Waals surface area contributed by atoms with E-state index in [-0.39, 0.29) is 18.2 Å². The minimum atomic E-state index is -1.06. The van der Waals surface area contributed by atoms with Crippen LogP contribution in [0.3, 0.4) is 0 Å². The van der Waals surface area contributed by atoms with Gasteiger partial charge in [0.05, 0.1) is 0 Å². The van der Waals surface area contributed by atoms with Gasteiger partial charge in [0.1, 0.15) is 17.0 Å². The lowest BCUT2D eigenvalue weighted by Crippen LogP contribution is -2.55. The third-order valence-electron chi connectivity index (χ3n) is 7.83. The zero-order valence-corrected chi connectivity index (χ0v) is 22.9. The quantitative estimate of drug-likeness (QED) is 0.421. The van der Waals surface area contributed by atoms with Crippen LogP contribution in [0.4, 0.5) is 11.4 Å². The number of carbonyl (C=O) groups excluding carboxylic acids is 2. The molecule has 0 aromatic heterocycles. The van der Waals surface area contributed by atoms with Crippen molar-refractivity contribution in [2.45, 2.75) is 46.6 Å². The summed E-state index contributed by atoms with van der Waals surface area (Å²) in [7, 11) is 0. The number of nitrogens with zero attached hydrogens (tertiary/aromatic N) is 3. The molecule has 7 nitrogen and oxygen atoms in total. The molecule has 7 heteroatoms. The number of carbonyl (C=O) groups is 2. The van der Waals surface area contributed by atoms with Crippen LogP contribution in [0.25, 0.3) is 0 Å². The summed E-state index contributed by atoms with van der Waals surface area (Å²) < 4.78 is 6.65. The topological polar surface area (TPSA) is 65.1 Å². The van der Waals surface area contributed by atoms with Crippen LogP contribution >= 0.6 is 0 Å². The molecule has 3 aromatic carbocycles. The summed E-state index contributed by atoms with van der Waals surface area (Å²) in [5, 5.41) is 1.53. The van der Waals surface area contributed by atoms with Crippen molar-refractivity contribution in [3.63, 3.8) is 0 Å². The highest BCUT2D eigenvalue weighted by molar-refractivity contribution is 6.03. The highest BCUT2D eigenvalue weighted by Crippen LogP contribution is 2.57. The monoisotopic (exact) mass is 512 g/mol. The van der Waals surface area contributed by atoms with Crippen LogP contribution in [0.2, 0.25) is 0 Å². The Morgan fingerprint density at radius 2 is 1.32 bits per heavy atom. The maximum absolute atomic E-state index is 13.9. The molecule has 0 aliphatic carbocycles. The minimum Gasteiger partial charge on any atom is -0.456 e. The Hall–Kier alpha value is -4.00. The Balaban J connectivity index is 1.83. The van der Waals surface area contributed by atoms with E-state index in [4.69, 9.17) is 4.74 Å². The molecule has 0 atom stereocenters. The number of amides is 2. The molecule has 3 aromatic rings. The van der Waals surface area contributed by atoms with Crippen LogP contribution in [-0.2, 0) is 10.3 Å². The predicted octanol–water partition coefficient (Wildman–Crippen LogP) is 5.67. The van der Waals surface area contributed by atoms with Crippen LogP contribution < -0.4 is 20.0 Å². The summed E-state index contributed by atoms with van der Waals surface area (Å²) in [6, 6.07) is 20.0. The van der Waals surface area contributed by atoms with E-state index < -0.39 is 5.54 Å². The molecule has 198 valence electrons. The van der Waals surface area contributed by atoms with Crippen molar-refractivity contribution in [1.29, 1.82) is 0 Å². The fourth-order valence-electron chi connectivity index (χ4n) is 5.87. The first kappa shape index (κ1) is 25.6. The summed E-state index contributed by atoms with van der Waals surface area (Å²) in [6.07, 6.45) is 0.258. The highest BCUT2D eigenvalue weighted by atomic mass is 16.5. The number of anilines is 2. The minimum absolute atomic E-state index is 0.223. The fraction of sp³-hybridized carbons (Fsp3) is 0.355. The number of hydrogen-bond donors (Lipinski definition) is 1. The van der Waals surface area contributed by atoms with Crippen molar-refractivity contribution in [3.8, 4) is 11.5 Å². The molecule has 2 heterocycles. The van der Waals surface area contributed by atoms with Gasteiger partial charge in [-0.2, -0.15) is 0 Å². The first-order valence-electron chi connectivity index (χ1n) is 13.6. The Labute approximate surface area is 225 Å². The van der Waals surface area contributed by atoms with Crippen molar-refractivity contribution < 1.29 is 14.3 Å². The molecule has 0 bridgehead atoms. The summed E-state index contributed by atoms with van der Waals surface area (Å²) in [5.74, 6) is 0.902. The van der Waals surface area contributed by atoms with Crippen LogP contribution in [0, 0.1) is 0 Å². The van der Waals surface area contributed by atoms with Crippen LogP contribution in [-0.4, -0.2) is 43.0 Å². The van der Waals surface area contributed by atoms with Gasteiger partial charge in [0.15, 0.2) is 0 Å². The van der Waals surface area contributed by atoms with Crippen molar-refractivity contribution in [2.24, 2.45) is 0 Å². The molecule has 2 amide bonds. The van der Waals surface area contributed by atoms with Gasteiger partial charge >= 0.3 is 0 Å². The van der Waals surface area contributed by atoms with Gasteiger partial charge in [-0.1, -0.05) is 37.3 Å². The molecule has 2 aliphatic heterocycles. The zero-order chi connectivity index (χ0) is 27.0. The van der Waals surface area contributed by atoms with Gasteiger partial charge in [0.25, 0.3) is 5.91 Å². The first-order valence-corrected chi connectivity index (χ1v) is 13.6. The number of nitrogens with one attached hydrogen (secondary N) is 1. The Kier molecular flexibility index (Phi) is 6.78. The largest absolute Gasteiger partial charge is 0.456 e. The lowest BCUT2D eigenvalue weighted by Gasteiger charge is -2.44. The molecule has 0 saturated carbocycles. The van der Waals surface area contributed by atoms with E-state index in [0.29, 0.717) is 17.1 Å².